The van der Waals surface area contributed by atoms with Gasteiger partial charge in [0.1, 0.15) is 5.82 Å². The highest BCUT2D eigenvalue weighted by molar-refractivity contribution is 5.83. The Labute approximate surface area is 122 Å². The quantitative estimate of drug-likeness (QED) is 0.805. The Morgan fingerprint density at radius 2 is 2.10 bits per heavy atom. The zero-order chi connectivity index (χ0) is 15.4. The number of carbonyl (C=O) groups is 2. The molecule has 0 spiro atoms. The number of hydrogen-bond donors (Lipinski definition) is 2. The van der Waals surface area contributed by atoms with Gasteiger partial charge in [-0.25, -0.2) is 4.39 Å². The molecular weight excluding hydrogens is 277 g/mol. The fraction of sp³-hybridized carbons (Fsp3) is 0.467. The summed E-state index contributed by atoms with van der Waals surface area (Å²) in [6, 6.07) is 4.79. The lowest BCUT2D eigenvalue weighted by molar-refractivity contribution is -0.137. The molecule has 0 radical (unpaired) electrons. The zero-order valence-corrected chi connectivity index (χ0v) is 11.7. The SMILES string of the molecule is CCO[C@@H]1C[C@@H]1C(=O)N[C@@H](CC(=O)O)c1ccc(F)cc1. The topological polar surface area (TPSA) is 75.6 Å². The van der Waals surface area contributed by atoms with Crippen LogP contribution in [0.2, 0.25) is 0 Å². The van der Waals surface area contributed by atoms with Gasteiger partial charge in [-0.2, -0.15) is 0 Å². The Kier molecular flexibility index (Phi) is 4.90. The molecule has 0 heterocycles. The Balaban J connectivity index is 2.01. The van der Waals surface area contributed by atoms with Gasteiger partial charge in [-0.05, 0) is 31.0 Å². The summed E-state index contributed by atoms with van der Waals surface area (Å²) in [5.41, 5.74) is 0.570. The van der Waals surface area contributed by atoms with E-state index in [0.29, 0.717) is 18.6 Å². The molecule has 0 unspecified atom stereocenters. The molecule has 1 aliphatic rings. The first kappa shape index (κ1) is 15.4. The molecule has 5 nitrogen and oxygen atoms in total. The van der Waals surface area contributed by atoms with E-state index in [1.165, 1.54) is 24.3 Å². The predicted octanol–water partition coefficient (Wildman–Crippen LogP) is 1.88. The number of aliphatic carboxylic acids is 1. The fourth-order valence-electron chi connectivity index (χ4n) is 2.25. The lowest BCUT2D eigenvalue weighted by Crippen LogP contribution is -2.32. The second-order valence-corrected chi connectivity index (χ2v) is 5.05. The maximum atomic E-state index is 12.9. The van der Waals surface area contributed by atoms with E-state index in [2.05, 4.69) is 5.32 Å². The number of carbonyl (C=O) groups excluding carboxylic acids is 1. The van der Waals surface area contributed by atoms with Gasteiger partial charge in [0.25, 0.3) is 0 Å². The van der Waals surface area contributed by atoms with E-state index in [0.717, 1.165) is 0 Å². The third-order valence-corrected chi connectivity index (χ3v) is 3.42. The molecular formula is C15H18FNO4. The highest BCUT2D eigenvalue weighted by atomic mass is 19.1. The van der Waals surface area contributed by atoms with Crippen LogP contribution < -0.4 is 5.32 Å². The molecule has 6 heteroatoms. The second-order valence-electron chi connectivity index (χ2n) is 5.05. The van der Waals surface area contributed by atoms with Gasteiger partial charge in [-0.1, -0.05) is 12.1 Å². The number of halogens is 1. The number of nitrogens with one attached hydrogen (secondary N) is 1. The summed E-state index contributed by atoms with van der Waals surface area (Å²) >= 11 is 0. The lowest BCUT2D eigenvalue weighted by Gasteiger charge is -2.17. The number of amides is 1. The van der Waals surface area contributed by atoms with E-state index in [9.17, 15) is 14.0 Å². The van der Waals surface area contributed by atoms with E-state index < -0.39 is 17.8 Å². The van der Waals surface area contributed by atoms with Crippen molar-refractivity contribution in [3.63, 3.8) is 0 Å². The first-order valence-electron chi connectivity index (χ1n) is 6.90. The number of carboxylic acid groups (broad SMARTS) is 1. The van der Waals surface area contributed by atoms with Gasteiger partial charge < -0.3 is 15.2 Å². The monoisotopic (exact) mass is 295 g/mol. The fourth-order valence-corrected chi connectivity index (χ4v) is 2.25. The van der Waals surface area contributed by atoms with Crippen molar-refractivity contribution < 1.29 is 23.8 Å². The van der Waals surface area contributed by atoms with Gasteiger partial charge >= 0.3 is 5.97 Å². The summed E-state index contributed by atoms with van der Waals surface area (Å²) in [4.78, 5) is 23.0. The third kappa shape index (κ3) is 4.26. The Hall–Kier alpha value is -1.95. The minimum atomic E-state index is -1.03. The van der Waals surface area contributed by atoms with Crippen molar-refractivity contribution in [1.29, 1.82) is 0 Å². The van der Waals surface area contributed by atoms with Gasteiger partial charge in [-0.15, -0.1) is 0 Å². The minimum absolute atomic E-state index is 0.0753. The normalized spacial score (nSPS) is 21.6. The van der Waals surface area contributed by atoms with E-state index in [1.807, 2.05) is 6.92 Å². The molecule has 0 aliphatic heterocycles. The van der Waals surface area contributed by atoms with Gasteiger partial charge in [0.05, 0.1) is 24.5 Å². The van der Waals surface area contributed by atoms with Crippen LogP contribution in [-0.4, -0.2) is 29.7 Å². The first-order chi connectivity index (χ1) is 10.0. The minimum Gasteiger partial charge on any atom is -0.481 e. The molecule has 0 saturated heterocycles. The van der Waals surface area contributed by atoms with Crippen molar-refractivity contribution >= 4 is 11.9 Å². The number of hydrogen-bond acceptors (Lipinski definition) is 3. The summed E-state index contributed by atoms with van der Waals surface area (Å²) < 4.78 is 18.3. The smallest absolute Gasteiger partial charge is 0.305 e. The Morgan fingerprint density at radius 3 is 2.67 bits per heavy atom. The van der Waals surface area contributed by atoms with E-state index in [-0.39, 0.29) is 24.3 Å². The lowest BCUT2D eigenvalue weighted by atomic mass is 10.0. The molecule has 2 N–H and O–H groups in total. The predicted molar refractivity (Wildman–Crippen MR) is 73.1 cm³/mol. The molecule has 2 rings (SSSR count). The highest BCUT2D eigenvalue weighted by Gasteiger charge is 2.44. The molecule has 114 valence electrons. The van der Waals surface area contributed by atoms with Crippen LogP contribution in [0, 0.1) is 11.7 Å². The molecule has 0 aromatic heterocycles. The number of carboxylic acids is 1. The summed E-state index contributed by atoms with van der Waals surface area (Å²) in [5.74, 6) is -1.87. The molecule has 1 aromatic carbocycles. The van der Waals surface area contributed by atoms with E-state index >= 15 is 0 Å². The van der Waals surface area contributed by atoms with Crippen LogP contribution in [0.1, 0.15) is 31.4 Å². The largest absolute Gasteiger partial charge is 0.481 e. The van der Waals surface area contributed by atoms with Gasteiger partial charge in [0, 0.05) is 6.61 Å². The van der Waals surface area contributed by atoms with E-state index in [4.69, 9.17) is 9.84 Å². The van der Waals surface area contributed by atoms with Crippen LogP contribution in [0.25, 0.3) is 0 Å². The van der Waals surface area contributed by atoms with Crippen LogP contribution >= 0.6 is 0 Å². The zero-order valence-electron chi connectivity index (χ0n) is 11.7. The van der Waals surface area contributed by atoms with E-state index in [1.54, 1.807) is 0 Å². The van der Waals surface area contributed by atoms with Crippen molar-refractivity contribution in [2.24, 2.45) is 5.92 Å². The van der Waals surface area contributed by atoms with Crippen molar-refractivity contribution in [3.8, 4) is 0 Å². The molecule has 1 saturated carbocycles. The van der Waals surface area contributed by atoms with Crippen LogP contribution in [0.5, 0.6) is 0 Å². The van der Waals surface area contributed by atoms with Crippen molar-refractivity contribution in [1.82, 2.24) is 5.32 Å². The van der Waals surface area contributed by atoms with Gasteiger partial charge in [0.2, 0.25) is 5.91 Å². The average molecular weight is 295 g/mol. The van der Waals surface area contributed by atoms with Crippen molar-refractivity contribution in [3.05, 3.63) is 35.6 Å². The maximum Gasteiger partial charge on any atom is 0.305 e. The van der Waals surface area contributed by atoms with Crippen molar-refractivity contribution in [2.45, 2.75) is 31.9 Å². The summed E-state index contributed by atoms with van der Waals surface area (Å²) in [5, 5.41) is 11.7. The van der Waals surface area contributed by atoms with Crippen LogP contribution in [0.3, 0.4) is 0 Å². The van der Waals surface area contributed by atoms with Crippen LogP contribution in [0.15, 0.2) is 24.3 Å². The Bertz CT molecular complexity index is 517. The molecule has 1 fully saturated rings. The average Bonchev–Trinajstić information content (AvgIpc) is 3.18. The molecule has 1 aromatic rings. The first-order valence-corrected chi connectivity index (χ1v) is 6.90. The van der Waals surface area contributed by atoms with Gasteiger partial charge in [-0.3, -0.25) is 9.59 Å². The second kappa shape index (κ2) is 6.67. The van der Waals surface area contributed by atoms with Crippen molar-refractivity contribution in [2.75, 3.05) is 6.61 Å². The van der Waals surface area contributed by atoms with Crippen LogP contribution in [0.4, 0.5) is 4.39 Å². The third-order valence-electron chi connectivity index (χ3n) is 3.42. The number of ether oxygens (including phenoxy) is 1. The molecule has 21 heavy (non-hydrogen) atoms. The molecule has 3 atom stereocenters. The van der Waals surface area contributed by atoms with Crippen LogP contribution in [-0.2, 0) is 14.3 Å². The summed E-state index contributed by atoms with van der Waals surface area (Å²) in [6.45, 7) is 2.41. The number of rotatable bonds is 7. The summed E-state index contributed by atoms with van der Waals surface area (Å²) in [7, 11) is 0. The summed E-state index contributed by atoms with van der Waals surface area (Å²) in [6.07, 6.45) is 0.334. The number of benzene rings is 1. The molecule has 1 aliphatic carbocycles. The Morgan fingerprint density at radius 1 is 1.43 bits per heavy atom. The standard InChI is InChI=1S/C15H18FNO4/c1-2-21-13-7-11(13)15(20)17-12(8-14(18)19)9-3-5-10(16)6-4-9/h3-6,11-13H,2,7-8H2,1H3,(H,17,20)(H,18,19)/t11-,12-,13+/m0/s1. The van der Waals surface area contributed by atoms with Gasteiger partial charge in [0.15, 0.2) is 0 Å². The highest BCUT2D eigenvalue weighted by Crippen LogP contribution is 2.34. The maximum absolute atomic E-state index is 12.9. The molecule has 0 bridgehead atoms. The molecule has 1 amide bonds.